The van der Waals surface area contributed by atoms with Crippen LogP contribution in [0.3, 0.4) is 0 Å². The number of hydrogen-bond donors (Lipinski definition) is 1. The van der Waals surface area contributed by atoms with Crippen molar-refractivity contribution >= 4 is 17.5 Å². The van der Waals surface area contributed by atoms with Gasteiger partial charge in [0.2, 0.25) is 11.8 Å². The van der Waals surface area contributed by atoms with Crippen molar-refractivity contribution in [3.05, 3.63) is 65.7 Å². The Morgan fingerprint density at radius 1 is 1.00 bits per heavy atom. The predicted molar refractivity (Wildman–Crippen MR) is 97.3 cm³/mol. The Morgan fingerprint density at radius 3 is 2.48 bits per heavy atom. The molecule has 0 atom stereocenters. The van der Waals surface area contributed by atoms with Crippen molar-refractivity contribution in [2.24, 2.45) is 5.41 Å². The number of fused-ring (bicyclic) bond motifs is 1. The molecule has 0 bridgehead atoms. The minimum absolute atomic E-state index is 0.0327. The zero-order chi connectivity index (χ0) is 17.3. The second-order valence-electron chi connectivity index (χ2n) is 6.91. The average molecular weight is 334 g/mol. The molecule has 1 heterocycles. The maximum atomic E-state index is 13.0. The molecular formula is C21H22N2O2. The minimum Gasteiger partial charge on any atom is -0.355 e. The van der Waals surface area contributed by atoms with Crippen LogP contribution in [0.15, 0.2) is 54.6 Å². The standard InChI is InChI=1S/C21H22N2O2/c24-19(22-14-10-16-6-2-1-3-7-16)21(12-13-21)20(25)23-15-11-17-8-4-5-9-18(17)23/h1-9H,10-15H2,(H,22,24). The summed E-state index contributed by atoms with van der Waals surface area (Å²) in [5.74, 6) is -0.146. The highest BCUT2D eigenvalue weighted by atomic mass is 16.2. The molecule has 1 aliphatic heterocycles. The van der Waals surface area contributed by atoms with Crippen molar-refractivity contribution in [3.8, 4) is 0 Å². The van der Waals surface area contributed by atoms with E-state index in [1.165, 1.54) is 11.1 Å². The highest BCUT2D eigenvalue weighted by Crippen LogP contribution is 2.49. The molecule has 0 unspecified atom stereocenters. The molecule has 1 fully saturated rings. The van der Waals surface area contributed by atoms with Gasteiger partial charge in [-0.05, 0) is 42.9 Å². The fourth-order valence-corrected chi connectivity index (χ4v) is 3.60. The largest absolute Gasteiger partial charge is 0.355 e. The van der Waals surface area contributed by atoms with E-state index in [9.17, 15) is 9.59 Å². The van der Waals surface area contributed by atoms with Gasteiger partial charge in [-0.3, -0.25) is 9.59 Å². The van der Waals surface area contributed by atoms with Crippen LogP contribution in [0.2, 0.25) is 0 Å². The number of para-hydroxylation sites is 1. The van der Waals surface area contributed by atoms with Gasteiger partial charge in [-0.15, -0.1) is 0 Å². The Balaban J connectivity index is 1.40. The fraction of sp³-hybridized carbons (Fsp3) is 0.333. The lowest BCUT2D eigenvalue weighted by Gasteiger charge is -2.23. The Labute approximate surface area is 147 Å². The number of hydrogen-bond acceptors (Lipinski definition) is 2. The first kappa shape index (κ1) is 15.9. The number of benzene rings is 2. The molecule has 4 heteroatoms. The predicted octanol–water partition coefficient (Wildman–Crippen LogP) is 2.71. The number of nitrogens with zero attached hydrogens (tertiary/aromatic N) is 1. The maximum Gasteiger partial charge on any atom is 0.242 e. The molecule has 2 aromatic carbocycles. The number of carbonyl (C=O) groups excluding carboxylic acids is 2. The summed E-state index contributed by atoms with van der Waals surface area (Å²) in [5, 5.41) is 2.98. The Morgan fingerprint density at radius 2 is 1.72 bits per heavy atom. The zero-order valence-corrected chi connectivity index (χ0v) is 14.2. The first-order valence-corrected chi connectivity index (χ1v) is 8.93. The first-order chi connectivity index (χ1) is 12.2. The second kappa shape index (κ2) is 6.36. The van der Waals surface area contributed by atoms with E-state index < -0.39 is 5.41 Å². The lowest BCUT2D eigenvalue weighted by Crippen LogP contribution is -2.45. The third-order valence-corrected chi connectivity index (χ3v) is 5.27. The SMILES string of the molecule is O=C(NCCc1ccccc1)C1(C(=O)N2CCc3ccccc32)CC1. The number of anilines is 1. The highest BCUT2D eigenvalue weighted by Gasteiger charge is 2.58. The van der Waals surface area contributed by atoms with Crippen molar-refractivity contribution in [3.63, 3.8) is 0 Å². The number of carbonyl (C=O) groups is 2. The zero-order valence-electron chi connectivity index (χ0n) is 14.2. The summed E-state index contributed by atoms with van der Waals surface area (Å²) in [6, 6.07) is 18.0. The number of amides is 2. The van der Waals surface area contributed by atoms with Gasteiger partial charge in [0.25, 0.3) is 0 Å². The van der Waals surface area contributed by atoms with Crippen molar-refractivity contribution < 1.29 is 9.59 Å². The molecule has 4 rings (SSSR count). The first-order valence-electron chi connectivity index (χ1n) is 8.93. The van der Waals surface area contributed by atoms with Gasteiger partial charge < -0.3 is 10.2 Å². The van der Waals surface area contributed by atoms with Crippen LogP contribution < -0.4 is 10.2 Å². The van der Waals surface area contributed by atoms with E-state index in [-0.39, 0.29) is 11.8 Å². The van der Waals surface area contributed by atoms with Gasteiger partial charge in [-0.1, -0.05) is 48.5 Å². The molecular weight excluding hydrogens is 312 g/mol. The van der Waals surface area contributed by atoms with Crippen LogP contribution in [-0.2, 0) is 22.4 Å². The van der Waals surface area contributed by atoms with Crippen LogP contribution in [0.1, 0.15) is 24.0 Å². The molecule has 0 aromatic heterocycles. The maximum absolute atomic E-state index is 13.0. The van der Waals surface area contributed by atoms with Gasteiger partial charge in [-0.25, -0.2) is 0 Å². The van der Waals surface area contributed by atoms with Crippen LogP contribution >= 0.6 is 0 Å². The van der Waals surface area contributed by atoms with Crippen LogP contribution in [-0.4, -0.2) is 24.9 Å². The minimum atomic E-state index is -0.839. The molecule has 25 heavy (non-hydrogen) atoms. The third kappa shape index (κ3) is 2.93. The smallest absolute Gasteiger partial charge is 0.242 e. The van der Waals surface area contributed by atoms with Crippen molar-refractivity contribution in [1.29, 1.82) is 0 Å². The lowest BCUT2D eigenvalue weighted by atomic mass is 10.0. The van der Waals surface area contributed by atoms with E-state index in [0.29, 0.717) is 25.9 Å². The molecule has 1 N–H and O–H groups in total. The Hall–Kier alpha value is -2.62. The topological polar surface area (TPSA) is 49.4 Å². The second-order valence-corrected chi connectivity index (χ2v) is 6.91. The van der Waals surface area contributed by atoms with Crippen LogP contribution in [0.5, 0.6) is 0 Å². The summed E-state index contributed by atoms with van der Waals surface area (Å²) in [5.41, 5.74) is 2.51. The molecule has 128 valence electrons. The molecule has 0 radical (unpaired) electrons. The summed E-state index contributed by atoms with van der Waals surface area (Å²) in [4.78, 5) is 27.5. The summed E-state index contributed by atoms with van der Waals surface area (Å²) >= 11 is 0. The third-order valence-electron chi connectivity index (χ3n) is 5.27. The average Bonchev–Trinajstić information content (AvgIpc) is 3.36. The number of rotatable bonds is 5. The molecule has 2 aromatic rings. The molecule has 4 nitrogen and oxygen atoms in total. The van der Waals surface area contributed by atoms with E-state index in [0.717, 1.165) is 18.5 Å². The number of nitrogens with one attached hydrogen (secondary N) is 1. The summed E-state index contributed by atoms with van der Waals surface area (Å²) < 4.78 is 0. The van der Waals surface area contributed by atoms with Gasteiger partial charge in [0.1, 0.15) is 5.41 Å². The normalized spacial score (nSPS) is 17.0. The lowest BCUT2D eigenvalue weighted by molar-refractivity contribution is -0.135. The Bertz CT molecular complexity index is 797. The van der Waals surface area contributed by atoms with Gasteiger partial charge >= 0.3 is 0 Å². The Kier molecular flexibility index (Phi) is 4.04. The molecule has 2 amide bonds. The van der Waals surface area contributed by atoms with E-state index in [1.807, 2.05) is 48.5 Å². The van der Waals surface area contributed by atoms with E-state index in [1.54, 1.807) is 4.90 Å². The van der Waals surface area contributed by atoms with E-state index in [2.05, 4.69) is 11.4 Å². The summed E-state index contributed by atoms with van der Waals surface area (Å²) in [7, 11) is 0. The summed E-state index contributed by atoms with van der Waals surface area (Å²) in [6.07, 6.45) is 2.96. The van der Waals surface area contributed by atoms with Crippen LogP contribution in [0.25, 0.3) is 0 Å². The quantitative estimate of drug-likeness (QED) is 0.855. The van der Waals surface area contributed by atoms with Crippen molar-refractivity contribution in [2.45, 2.75) is 25.7 Å². The van der Waals surface area contributed by atoms with Crippen molar-refractivity contribution in [1.82, 2.24) is 5.32 Å². The van der Waals surface area contributed by atoms with E-state index >= 15 is 0 Å². The molecule has 1 aliphatic carbocycles. The van der Waals surface area contributed by atoms with Gasteiger partial charge in [0.05, 0.1) is 0 Å². The highest BCUT2D eigenvalue weighted by molar-refractivity contribution is 6.14. The molecule has 2 aliphatic rings. The van der Waals surface area contributed by atoms with Gasteiger partial charge in [0.15, 0.2) is 0 Å². The van der Waals surface area contributed by atoms with Crippen LogP contribution in [0.4, 0.5) is 5.69 Å². The molecule has 0 saturated heterocycles. The van der Waals surface area contributed by atoms with Crippen LogP contribution in [0, 0.1) is 5.41 Å². The molecule has 1 saturated carbocycles. The molecule has 0 spiro atoms. The van der Waals surface area contributed by atoms with Gasteiger partial charge in [-0.2, -0.15) is 0 Å². The summed E-state index contributed by atoms with van der Waals surface area (Å²) in [6.45, 7) is 1.24. The van der Waals surface area contributed by atoms with E-state index in [4.69, 9.17) is 0 Å². The monoisotopic (exact) mass is 334 g/mol. The van der Waals surface area contributed by atoms with Gasteiger partial charge in [0, 0.05) is 18.8 Å². The fourth-order valence-electron chi connectivity index (χ4n) is 3.60. The van der Waals surface area contributed by atoms with Crippen molar-refractivity contribution in [2.75, 3.05) is 18.0 Å².